The van der Waals surface area contributed by atoms with Crippen LogP contribution in [0.15, 0.2) is 67.0 Å². The zero-order valence-corrected chi connectivity index (χ0v) is 17.9. The van der Waals surface area contributed by atoms with Crippen LogP contribution < -0.4 is 15.0 Å². The number of carbonyl (C=O) groups is 1. The van der Waals surface area contributed by atoms with E-state index in [1.165, 1.54) is 0 Å². The maximum Gasteiger partial charge on any atom is 0.263 e. The molecule has 5 rings (SSSR count). The van der Waals surface area contributed by atoms with Gasteiger partial charge in [-0.3, -0.25) is 4.79 Å². The van der Waals surface area contributed by atoms with Gasteiger partial charge in [0.05, 0.1) is 30.1 Å². The van der Waals surface area contributed by atoms with Gasteiger partial charge in [-0.05, 0) is 48.7 Å². The molecule has 1 aliphatic carbocycles. The SMILES string of the molecule is O=C(N[C@H]1CCCC[C@@H]1O)[C@@H]1CN(Cc2ccc(-n3cccn3)cc2)c2ccccc2O1. The number of aliphatic hydroxyl groups excluding tert-OH is 1. The van der Waals surface area contributed by atoms with Gasteiger partial charge in [-0.1, -0.05) is 37.1 Å². The number of para-hydroxylation sites is 2. The number of aliphatic hydroxyl groups is 1. The number of nitrogens with one attached hydrogen (secondary N) is 1. The quantitative estimate of drug-likeness (QED) is 0.648. The lowest BCUT2D eigenvalue weighted by atomic mass is 9.92. The number of amides is 1. The molecule has 2 heterocycles. The zero-order valence-electron chi connectivity index (χ0n) is 17.9. The second-order valence-corrected chi connectivity index (χ2v) is 8.54. The predicted molar refractivity (Wildman–Crippen MR) is 122 cm³/mol. The summed E-state index contributed by atoms with van der Waals surface area (Å²) < 4.78 is 7.89. The van der Waals surface area contributed by atoms with E-state index >= 15 is 0 Å². The number of aromatic nitrogens is 2. The molecule has 0 radical (unpaired) electrons. The third-order valence-electron chi connectivity index (χ3n) is 6.29. The van der Waals surface area contributed by atoms with E-state index in [1.807, 2.05) is 53.3 Å². The van der Waals surface area contributed by atoms with Crippen molar-refractivity contribution < 1.29 is 14.6 Å². The molecule has 32 heavy (non-hydrogen) atoms. The Hall–Kier alpha value is -3.32. The maximum absolute atomic E-state index is 13.0. The van der Waals surface area contributed by atoms with Crippen molar-refractivity contribution in [3.63, 3.8) is 0 Å². The molecule has 2 aliphatic rings. The van der Waals surface area contributed by atoms with Crippen molar-refractivity contribution in [1.82, 2.24) is 15.1 Å². The Kier molecular flexibility index (Phi) is 5.81. The molecule has 7 heteroatoms. The molecule has 0 unspecified atom stereocenters. The molecule has 1 amide bonds. The van der Waals surface area contributed by atoms with Crippen LogP contribution in [0, 0.1) is 0 Å². The standard InChI is InChI=1S/C25H28N4O3/c30-22-8-3-1-6-20(22)27-25(31)24-17-28(21-7-2-4-9-23(21)32-24)16-18-10-12-19(13-11-18)29-15-5-14-26-29/h2,4-5,7,9-15,20,22,24,30H,1,3,6,8,16-17H2,(H,27,31)/t20-,22-,24-/m0/s1. The fraction of sp³-hybridized carbons (Fsp3) is 0.360. The van der Waals surface area contributed by atoms with Gasteiger partial charge in [0.2, 0.25) is 0 Å². The first-order valence-electron chi connectivity index (χ1n) is 11.3. The van der Waals surface area contributed by atoms with Crippen molar-refractivity contribution in [3.8, 4) is 11.4 Å². The highest BCUT2D eigenvalue weighted by Crippen LogP contribution is 2.34. The van der Waals surface area contributed by atoms with Crippen LogP contribution in [0.4, 0.5) is 5.69 Å². The number of ether oxygens (including phenoxy) is 1. The smallest absolute Gasteiger partial charge is 0.263 e. The second kappa shape index (κ2) is 9.04. The highest BCUT2D eigenvalue weighted by molar-refractivity contribution is 5.83. The van der Waals surface area contributed by atoms with Gasteiger partial charge in [0.15, 0.2) is 6.10 Å². The summed E-state index contributed by atoms with van der Waals surface area (Å²) in [4.78, 5) is 15.2. The van der Waals surface area contributed by atoms with Crippen LogP contribution in [0.25, 0.3) is 5.69 Å². The number of benzene rings is 2. The largest absolute Gasteiger partial charge is 0.477 e. The van der Waals surface area contributed by atoms with Gasteiger partial charge in [-0.15, -0.1) is 0 Å². The highest BCUT2D eigenvalue weighted by Gasteiger charge is 2.33. The molecule has 166 valence electrons. The Labute approximate surface area is 187 Å². The van der Waals surface area contributed by atoms with Crippen molar-refractivity contribution in [2.24, 2.45) is 0 Å². The molecule has 7 nitrogen and oxygen atoms in total. The number of rotatable bonds is 5. The summed E-state index contributed by atoms with van der Waals surface area (Å²) in [6.07, 6.45) is 6.15. The van der Waals surface area contributed by atoms with Crippen LogP contribution in [0.2, 0.25) is 0 Å². The monoisotopic (exact) mass is 432 g/mol. The Morgan fingerprint density at radius 3 is 2.69 bits per heavy atom. The van der Waals surface area contributed by atoms with Gasteiger partial charge >= 0.3 is 0 Å². The number of anilines is 1. The highest BCUT2D eigenvalue weighted by atomic mass is 16.5. The van der Waals surface area contributed by atoms with Crippen LogP contribution in [-0.2, 0) is 11.3 Å². The van der Waals surface area contributed by atoms with E-state index in [2.05, 4.69) is 27.4 Å². The average molecular weight is 433 g/mol. The normalized spacial score (nSPS) is 22.7. The van der Waals surface area contributed by atoms with E-state index < -0.39 is 12.2 Å². The molecule has 0 bridgehead atoms. The number of carbonyl (C=O) groups excluding carboxylic acids is 1. The van der Waals surface area contributed by atoms with Crippen LogP contribution >= 0.6 is 0 Å². The fourth-order valence-corrected chi connectivity index (χ4v) is 4.54. The molecule has 0 spiro atoms. The van der Waals surface area contributed by atoms with Gasteiger partial charge in [-0.2, -0.15) is 5.10 Å². The molecule has 0 saturated heterocycles. The van der Waals surface area contributed by atoms with Gasteiger partial charge in [0, 0.05) is 18.9 Å². The molecule has 1 aliphatic heterocycles. The van der Waals surface area contributed by atoms with Gasteiger partial charge in [0.25, 0.3) is 5.91 Å². The van der Waals surface area contributed by atoms with Gasteiger partial charge in [-0.25, -0.2) is 4.68 Å². The Bertz CT molecular complexity index is 1050. The van der Waals surface area contributed by atoms with Crippen molar-refractivity contribution in [3.05, 3.63) is 72.6 Å². The summed E-state index contributed by atoms with van der Waals surface area (Å²) in [5, 5.41) is 17.5. The number of nitrogens with zero attached hydrogens (tertiary/aromatic N) is 3. The average Bonchev–Trinajstić information content (AvgIpc) is 3.36. The molecular formula is C25H28N4O3. The van der Waals surface area contributed by atoms with Crippen LogP contribution in [0.5, 0.6) is 5.75 Å². The van der Waals surface area contributed by atoms with E-state index in [4.69, 9.17) is 4.74 Å². The summed E-state index contributed by atoms with van der Waals surface area (Å²) in [5.41, 5.74) is 3.12. The van der Waals surface area contributed by atoms with Crippen molar-refractivity contribution in [1.29, 1.82) is 0 Å². The summed E-state index contributed by atoms with van der Waals surface area (Å²) in [5.74, 6) is 0.542. The molecule has 2 N–H and O–H groups in total. The first-order chi connectivity index (χ1) is 15.7. The maximum atomic E-state index is 13.0. The third kappa shape index (κ3) is 4.34. The van der Waals surface area contributed by atoms with E-state index in [9.17, 15) is 9.90 Å². The molecule has 1 fully saturated rings. The third-order valence-corrected chi connectivity index (χ3v) is 6.29. The lowest BCUT2D eigenvalue weighted by molar-refractivity contribution is -0.129. The lowest BCUT2D eigenvalue weighted by Gasteiger charge is -2.37. The van der Waals surface area contributed by atoms with Crippen molar-refractivity contribution in [2.45, 2.75) is 50.5 Å². The Balaban J connectivity index is 1.31. The number of hydrogen-bond acceptors (Lipinski definition) is 5. The number of fused-ring (bicyclic) bond motifs is 1. The van der Waals surface area contributed by atoms with Crippen molar-refractivity contribution in [2.75, 3.05) is 11.4 Å². The minimum absolute atomic E-state index is 0.163. The molecule has 2 aromatic carbocycles. The molecule has 3 aromatic rings. The van der Waals surface area contributed by atoms with E-state index in [-0.39, 0.29) is 11.9 Å². The fourth-order valence-electron chi connectivity index (χ4n) is 4.54. The van der Waals surface area contributed by atoms with Crippen LogP contribution in [-0.4, -0.2) is 45.6 Å². The van der Waals surface area contributed by atoms with E-state index in [1.54, 1.807) is 6.20 Å². The molecule has 1 saturated carbocycles. The zero-order chi connectivity index (χ0) is 21.9. The Morgan fingerprint density at radius 2 is 1.91 bits per heavy atom. The van der Waals surface area contributed by atoms with E-state index in [0.717, 1.165) is 42.6 Å². The predicted octanol–water partition coefficient (Wildman–Crippen LogP) is 3.06. The second-order valence-electron chi connectivity index (χ2n) is 8.54. The first-order valence-corrected chi connectivity index (χ1v) is 11.3. The van der Waals surface area contributed by atoms with Gasteiger partial charge < -0.3 is 20.1 Å². The number of hydrogen-bond donors (Lipinski definition) is 2. The van der Waals surface area contributed by atoms with Crippen LogP contribution in [0.1, 0.15) is 31.2 Å². The summed E-state index contributed by atoms with van der Waals surface area (Å²) in [6.45, 7) is 1.11. The lowest BCUT2D eigenvalue weighted by Crippen LogP contribution is -2.54. The Morgan fingerprint density at radius 1 is 1.09 bits per heavy atom. The minimum Gasteiger partial charge on any atom is -0.477 e. The summed E-state index contributed by atoms with van der Waals surface area (Å²) in [7, 11) is 0. The van der Waals surface area contributed by atoms with Crippen molar-refractivity contribution >= 4 is 11.6 Å². The molecular weight excluding hydrogens is 404 g/mol. The topological polar surface area (TPSA) is 79.6 Å². The first kappa shape index (κ1) is 20.6. The minimum atomic E-state index is -0.623. The van der Waals surface area contributed by atoms with Gasteiger partial charge in [0.1, 0.15) is 5.75 Å². The van der Waals surface area contributed by atoms with Crippen LogP contribution in [0.3, 0.4) is 0 Å². The summed E-state index contributed by atoms with van der Waals surface area (Å²) in [6, 6.07) is 17.8. The summed E-state index contributed by atoms with van der Waals surface area (Å²) >= 11 is 0. The molecule has 3 atom stereocenters. The molecule has 1 aromatic heterocycles. The van der Waals surface area contributed by atoms with E-state index in [0.29, 0.717) is 18.8 Å².